The first-order valence-corrected chi connectivity index (χ1v) is 9.86. The van der Waals surface area contributed by atoms with Gasteiger partial charge in [-0.05, 0) is 25.1 Å². The van der Waals surface area contributed by atoms with Gasteiger partial charge in [-0.3, -0.25) is 4.57 Å². The van der Waals surface area contributed by atoms with Gasteiger partial charge >= 0.3 is 5.97 Å². The van der Waals surface area contributed by atoms with Crippen LogP contribution in [-0.2, 0) is 14.3 Å². The molecule has 4 aromatic rings. The number of benzene rings is 2. The van der Waals surface area contributed by atoms with Crippen LogP contribution in [0.3, 0.4) is 0 Å². The molecule has 2 aromatic carbocycles. The van der Waals surface area contributed by atoms with Crippen LogP contribution in [0.5, 0.6) is 0 Å². The topological polar surface area (TPSA) is 81.2 Å². The minimum Gasteiger partial charge on any atom is -0.460 e. The van der Waals surface area contributed by atoms with Crippen molar-refractivity contribution in [2.24, 2.45) is 0 Å². The van der Waals surface area contributed by atoms with Gasteiger partial charge in [-0.1, -0.05) is 30.3 Å². The number of carbonyl (C=O) groups excluding carboxylic acids is 1. The molecule has 7 heteroatoms. The molecule has 0 radical (unpaired) electrons. The van der Waals surface area contributed by atoms with E-state index in [9.17, 15) is 4.79 Å². The Kier molecular flexibility index (Phi) is 4.52. The average Bonchev–Trinajstić information content (AvgIpc) is 3.34. The first kappa shape index (κ1) is 18.4. The lowest BCUT2D eigenvalue weighted by atomic mass is 9.94. The molecule has 5 rings (SSSR count). The third-order valence-corrected chi connectivity index (χ3v) is 5.49. The van der Waals surface area contributed by atoms with Gasteiger partial charge in [-0.25, -0.2) is 9.78 Å². The molecule has 2 aromatic heterocycles. The normalized spacial score (nSPS) is 16.0. The molecule has 152 valence electrons. The Bertz CT molecular complexity index is 1280. The maximum atomic E-state index is 13.2. The third-order valence-electron chi connectivity index (χ3n) is 5.49. The van der Waals surface area contributed by atoms with E-state index in [4.69, 9.17) is 14.5 Å². The number of allylic oxidation sites excluding steroid dienone is 1. The van der Waals surface area contributed by atoms with E-state index in [-0.39, 0.29) is 18.6 Å². The monoisotopic (exact) mass is 402 g/mol. The molecule has 0 aliphatic carbocycles. The number of H-pyrrole nitrogens is 1. The number of ether oxygens (including phenoxy) is 2. The Morgan fingerprint density at radius 2 is 1.93 bits per heavy atom. The summed E-state index contributed by atoms with van der Waals surface area (Å²) in [5.41, 5.74) is 5.12. The van der Waals surface area contributed by atoms with Crippen LogP contribution < -0.4 is 5.32 Å². The van der Waals surface area contributed by atoms with Crippen LogP contribution >= 0.6 is 0 Å². The Morgan fingerprint density at radius 3 is 2.80 bits per heavy atom. The van der Waals surface area contributed by atoms with E-state index in [2.05, 4.69) is 20.9 Å². The molecule has 0 fully saturated rings. The molecule has 30 heavy (non-hydrogen) atoms. The van der Waals surface area contributed by atoms with Crippen molar-refractivity contribution in [3.63, 3.8) is 0 Å². The Labute approximate surface area is 173 Å². The standard InChI is InChI=1S/C23H22N4O3/c1-14-20(22(28)30-12-11-29-2)21(16-13-24-17-8-4-3-7-15(16)17)27-19-10-6-5-9-18(19)26-23(27)25-14/h3-10,13,21,24H,11-12H2,1-2H3,(H,25,26)/t21-/m0/s1. The van der Waals surface area contributed by atoms with Crippen LogP contribution in [0.1, 0.15) is 18.5 Å². The zero-order chi connectivity index (χ0) is 20.7. The summed E-state index contributed by atoms with van der Waals surface area (Å²) >= 11 is 0. The van der Waals surface area contributed by atoms with Crippen molar-refractivity contribution in [2.45, 2.75) is 13.0 Å². The zero-order valence-electron chi connectivity index (χ0n) is 16.8. The van der Waals surface area contributed by atoms with Gasteiger partial charge in [0.1, 0.15) is 6.61 Å². The third kappa shape index (κ3) is 2.86. The molecular weight excluding hydrogens is 380 g/mol. The number of methoxy groups -OCH3 is 1. The average molecular weight is 402 g/mol. The number of nitrogens with zero attached hydrogens (tertiary/aromatic N) is 2. The smallest absolute Gasteiger partial charge is 0.338 e. The first-order valence-electron chi connectivity index (χ1n) is 9.86. The van der Waals surface area contributed by atoms with Gasteiger partial charge in [0.2, 0.25) is 5.95 Å². The van der Waals surface area contributed by atoms with Crippen molar-refractivity contribution < 1.29 is 14.3 Å². The summed E-state index contributed by atoms with van der Waals surface area (Å²) in [6.45, 7) is 2.43. The number of esters is 1. The van der Waals surface area contributed by atoms with Crippen LogP contribution in [0.2, 0.25) is 0 Å². The second-order valence-electron chi connectivity index (χ2n) is 7.28. The number of para-hydroxylation sites is 3. The van der Waals surface area contributed by atoms with E-state index in [1.807, 2.05) is 55.6 Å². The molecule has 0 amide bonds. The molecule has 7 nitrogen and oxygen atoms in total. The van der Waals surface area contributed by atoms with E-state index >= 15 is 0 Å². The van der Waals surface area contributed by atoms with Gasteiger partial charge in [0.25, 0.3) is 0 Å². The van der Waals surface area contributed by atoms with Crippen molar-refractivity contribution >= 4 is 33.9 Å². The van der Waals surface area contributed by atoms with Gasteiger partial charge in [0.05, 0.1) is 29.3 Å². The number of aromatic amines is 1. The maximum Gasteiger partial charge on any atom is 0.338 e. The Balaban J connectivity index is 1.72. The number of imidazole rings is 1. The van der Waals surface area contributed by atoms with E-state index in [1.165, 1.54) is 0 Å². The van der Waals surface area contributed by atoms with Crippen LogP contribution in [-0.4, -0.2) is 40.8 Å². The molecule has 1 aliphatic rings. The molecule has 0 bridgehead atoms. The summed E-state index contributed by atoms with van der Waals surface area (Å²) in [6, 6.07) is 15.6. The van der Waals surface area contributed by atoms with Crippen LogP contribution in [0, 0.1) is 0 Å². The number of hydrogen-bond donors (Lipinski definition) is 2. The minimum absolute atomic E-state index is 0.199. The highest BCUT2D eigenvalue weighted by molar-refractivity contribution is 5.96. The SMILES string of the molecule is COCCOC(=O)C1=C(C)Nc2nc3ccccc3n2[C@H]1c1c[nH]c2ccccc12. The van der Waals surface area contributed by atoms with Crippen molar-refractivity contribution in [1.29, 1.82) is 0 Å². The molecule has 2 N–H and O–H groups in total. The van der Waals surface area contributed by atoms with Gasteiger partial charge in [-0.2, -0.15) is 0 Å². The highest BCUT2D eigenvalue weighted by Crippen LogP contribution is 2.41. The quantitative estimate of drug-likeness (QED) is 0.390. The number of carbonyl (C=O) groups is 1. The van der Waals surface area contributed by atoms with Crippen molar-refractivity contribution in [2.75, 3.05) is 25.6 Å². The first-order chi connectivity index (χ1) is 14.7. The Hall–Kier alpha value is -3.58. The second kappa shape index (κ2) is 7.35. The number of hydrogen-bond acceptors (Lipinski definition) is 5. The minimum atomic E-state index is -0.375. The van der Waals surface area contributed by atoms with Crippen molar-refractivity contribution in [1.82, 2.24) is 14.5 Å². The predicted molar refractivity (Wildman–Crippen MR) is 115 cm³/mol. The number of aromatic nitrogens is 3. The number of rotatable bonds is 5. The number of fused-ring (bicyclic) bond motifs is 4. The molecular formula is C23H22N4O3. The van der Waals surface area contributed by atoms with Crippen LogP contribution in [0.4, 0.5) is 5.95 Å². The zero-order valence-corrected chi connectivity index (χ0v) is 16.8. The van der Waals surface area contributed by atoms with Crippen molar-refractivity contribution in [3.05, 3.63) is 71.6 Å². The summed E-state index contributed by atoms with van der Waals surface area (Å²) in [6.07, 6.45) is 1.97. The summed E-state index contributed by atoms with van der Waals surface area (Å²) in [4.78, 5) is 21.3. The fourth-order valence-corrected chi connectivity index (χ4v) is 4.14. The number of nitrogens with one attached hydrogen (secondary N) is 2. The van der Waals surface area contributed by atoms with E-state index in [0.29, 0.717) is 18.1 Å². The van der Waals surface area contributed by atoms with Gasteiger partial charge in [0.15, 0.2) is 0 Å². The Morgan fingerprint density at radius 1 is 1.13 bits per heavy atom. The van der Waals surface area contributed by atoms with E-state index < -0.39 is 0 Å². The van der Waals surface area contributed by atoms with Crippen LogP contribution in [0.25, 0.3) is 21.9 Å². The molecule has 0 saturated carbocycles. The summed E-state index contributed by atoms with van der Waals surface area (Å²) < 4.78 is 12.6. The lowest BCUT2D eigenvalue weighted by molar-refractivity contribution is -0.140. The summed E-state index contributed by atoms with van der Waals surface area (Å²) in [5, 5.41) is 4.36. The number of anilines is 1. The molecule has 0 saturated heterocycles. The molecule has 1 atom stereocenters. The fourth-order valence-electron chi connectivity index (χ4n) is 4.14. The summed E-state index contributed by atoms with van der Waals surface area (Å²) in [5.74, 6) is 0.341. The van der Waals surface area contributed by atoms with E-state index in [1.54, 1.807) is 7.11 Å². The van der Waals surface area contributed by atoms with Crippen LogP contribution in [0.15, 0.2) is 66.0 Å². The highest BCUT2D eigenvalue weighted by Gasteiger charge is 2.36. The lowest BCUT2D eigenvalue weighted by Gasteiger charge is -2.29. The second-order valence-corrected chi connectivity index (χ2v) is 7.28. The highest BCUT2D eigenvalue weighted by atomic mass is 16.6. The van der Waals surface area contributed by atoms with Crippen molar-refractivity contribution in [3.8, 4) is 0 Å². The van der Waals surface area contributed by atoms with E-state index in [0.717, 1.165) is 33.2 Å². The van der Waals surface area contributed by atoms with Gasteiger partial charge in [0, 0.05) is 35.5 Å². The maximum absolute atomic E-state index is 13.2. The fraction of sp³-hybridized carbons (Fsp3) is 0.217. The van der Waals surface area contributed by atoms with Gasteiger partial charge < -0.3 is 19.8 Å². The summed E-state index contributed by atoms with van der Waals surface area (Å²) in [7, 11) is 1.58. The largest absolute Gasteiger partial charge is 0.460 e. The predicted octanol–water partition coefficient (Wildman–Crippen LogP) is 4.00. The van der Waals surface area contributed by atoms with Gasteiger partial charge in [-0.15, -0.1) is 0 Å². The lowest BCUT2D eigenvalue weighted by Crippen LogP contribution is -2.29. The molecule has 0 spiro atoms. The molecule has 0 unspecified atom stereocenters. The molecule has 1 aliphatic heterocycles. The molecule has 3 heterocycles.